The number of hydrazine groups is 1. The summed E-state index contributed by atoms with van der Waals surface area (Å²) in [6, 6.07) is 21.0. The van der Waals surface area contributed by atoms with Gasteiger partial charge in [0, 0.05) is 16.3 Å². The van der Waals surface area contributed by atoms with Gasteiger partial charge in [-0.2, -0.15) is 0 Å². The summed E-state index contributed by atoms with van der Waals surface area (Å²) < 4.78 is 5.45. The second kappa shape index (κ2) is 8.93. The summed E-state index contributed by atoms with van der Waals surface area (Å²) in [7, 11) is 0. The van der Waals surface area contributed by atoms with Crippen LogP contribution in [0.5, 0.6) is 5.75 Å². The molecule has 0 aromatic heterocycles. The highest BCUT2D eigenvalue weighted by atomic mass is 35.5. The van der Waals surface area contributed by atoms with E-state index < -0.39 is 12.1 Å². The number of carbonyl (C=O) groups is 2. The zero-order chi connectivity index (χ0) is 21.8. The summed E-state index contributed by atoms with van der Waals surface area (Å²) in [6.45, 7) is 3.98. The number of hydrogen-bond acceptors (Lipinski definition) is 4. The monoisotopic (exact) mass is 433 g/mol. The minimum absolute atomic E-state index is 0.321. The van der Waals surface area contributed by atoms with E-state index in [1.807, 2.05) is 18.2 Å². The molecule has 0 bridgehead atoms. The number of para-hydroxylation sites is 1. The SMILES string of the molecule is C=CCOc1ccc(C(=O)NN2C(=O)c3ccccc3NC2c2cccc(Cl)c2)cc1. The Morgan fingerprint density at radius 1 is 1.13 bits per heavy atom. The molecule has 3 aromatic rings. The van der Waals surface area contributed by atoms with E-state index in [0.29, 0.717) is 34.2 Å². The third-order valence-electron chi connectivity index (χ3n) is 4.80. The van der Waals surface area contributed by atoms with E-state index in [4.69, 9.17) is 16.3 Å². The summed E-state index contributed by atoms with van der Waals surface area (Å²) in [4.78, 5) is 26.2. The first kappa shape index (κ1) is 20.5. The van der Waals surface area contributed by atoms with Gasteiger partial charge in [0.05, 0.1) is 5.56 Å². The second-order valence-corrected chi connectivity index (χ2v) is 7.32. The van der Waals surface area contributed by atoms with E-state index in [0.717, 1.165) is 5.56 Å². The van der Waals surface area contributed by atoms with Crippen LogP contribution in [0.25, 0.3) is 0 Å². The number of carbonyl (C=O) groups excluding carboxylic acids is 2. The van der Waals surface area contributed by atoms with Crippen LogP contribution in [0.1, 0.15) is 32.4 Å². The zero-order valence-electron chi connectivity index (χ0n) is 16.5. The van der Waals surface area contributed by atoms with Gasteiger partial charge in [-0.3, -0.25) is 15.0 Å². The third-order valence-corrected chi connectivity index (χ3v) is 5.03. The molecule has 2 N–H and O–H groups in total. The highest BCUT2D eigenvalue weighted by Gasteiger charge is 2.34. The van der Waals surface area contributed by atoms with Crippen LogP contribution in [0.4, 0.5) is 5.69 Å². The van der Waals surface area contributed by atoms with Gasteiger partial charge in [0.2, 0.25) is 0 Å². The van der Waals surface area contributed by atoms with E-state index in [9.17, 15) is 9.59 Å². The van der Waals surface area contributed by atoms with Crippen molar-refractivity contribution in [3.05, 3.63) is 107 Å². The normalized spacial score (nSPS) is 14.9. The van der Waals surface area contributed by atoms with Gasteiger partial charge in [-0.1, -0.05) is 48.5 Å². The van der Waals surface area contributed by atoms with Crippen molar-refractivity contribution in [2.75, 3.05) is 11.9 Å². The fourth-order valence-corrected chi connectivity index (χ4v) is 3.51. The maximum Gasteiger partial charge on any atom is 0.276 e. The first-order valence-corrected chi connectivity index (χ1v) is 10.0. The quantitative estimate of drug-likeness (QED) is 0.547. The molecule has 1 aliphatic rings. The van der Waals surface area contributed by atoms with Crippen molar-refractivity contribution in [1.82, 2.24) is 10.4 Å². The molecule has 156 valence electrons. The summed E-state index contributed by atoms with van der Waals surface area (Å²) in [5.74, 6) is -0.117. The van der Waals surface area contributed by atoms with E-state index in [2.05, 4.69) is 17.3 Å². The van der Waals surface area contributed by atoms with Crippen molar-refractivity contribution in [2.45, 2.75) is 6.17 Å². The molecule has 1 atom stereocenters. The smallest absolute Gasteiger partial charge is 0.276 e. The van der Waals surface area contributed by atoms with Crippen molar-refractivity contribution in [1.29, 1.82) is 0 Å². The molecule has 2 amide bonds. The van der Waals surface area contributed by atoms with Crippen LogP contribution < -0.4 is 15.5 Å². The fraction of sp³-hybridized carbons (Fsp3) is 0.0833. The van der Waals surface area contributed by atoms with E-state index in [-0.39, 0.29) is 5.91 Å². The van der Waals surface area contributed by atoms with Crippen LogP contribution in [-0.4, -0.2) is 23.4 Å². The molecule has 0 saturated carbocycles. The summed E-state index contributed by atoms with van der Waals surface area (Å²) in [5, 5.41) is 5.14. The Morgan fingerprint density at radius 3 is 2.65 bits per heavy atom. The molecule has 1 heterocycles. The summed E-state index contributed by atoms with van der Waals surface area (Å²) in [5.41, 5.74) is 5.02. The number of amides is 2. The van der Waals surface area contributed by atoms with Crippen LogP contribution in [-0.2, 0) is 0 Å². The van der Waals surface area contributed by atoms with Gasteiger partial charge in [-0.05, 0) is 54.1 Å². The lowest BCUT2D eigenvalue weighted by molar-refractivity contribution is 0.0491. The Balaban J connectivity index is 1.62. The number of rotatable bonds is 6. The number of halogens is 1. The zero-order valence-corrected chi connectivity index (χ0v) is 17.3. The van der Waals surface area contributed by atoms with Crippen molar-refractivity contribution in [3.8, 4) is 5.75 Å². The van der Waals surface area contributed by atoms with Crippen molar-refractivity contribution in [2.24, 2.45) is 0 Å². The lowest BCUT2D eigenvalue weighted by Gasteiger charge is -2.37. The van der Waals surface area contributed by atoms with Gasteiger partial charge >= 0.3 is 0 Å². The maximum atomic E-state index is 13.2. The van der Waals surface area contributed by atoms with E-state index >= 15 is 0 Å². The summed E-state index contributed by atoms with van der Waals surface area (Å²) >= 11 is 6.16. The van der Waals surface area contributed by atoms with Gasteiger partial charge in [-0.25, -0.2) is 5.01 Å². The molecule has 1 aliphatic heterocycles. The van der Waals surface area contributed by atoms with Gasteiger partial charge in [-0.15, -0.1) is 0 Å². The van der Waals surface area contributed by atoms with Crippen LogP contribution in [0.3, 0.4) is 0 Å². The lowest BCUT2D eigenvalue weighted by Crippen LogP contribution is -2.52. The lowest BCUT2D eigenvalue weighted by atomic mass is 10.0. The molecule has 1 unspecified atom stereocenters. The number of benzene rings is 3. The molecular formula is C24H20ClN3O3. The number of ether oxygens (including phenoxy) is 1. The predicted octanol–water partition coefficient (Wildman–Crippen LogP) is 4.82. The summed E-state index contributed by atoms with van der Waals surface area (Å²) in [6.07, 6.45) is 1.02. The molecule has 0 saturated heterocycles. The number of hydrogen-bond donors (Lipinski definition) is 2. The Kier molecular flexibility index (Phi) is 5.91. The maximum absolute atomic E-state index is 13.2. The van der Waals surface area contributed by atoms with Gasteiger partial charge in [0.1, 0.15) is 18.5 Å². The molecule has 6 nitrogen and oxygen atoms in total. The Morgan fingerprint density at radius 2 is 1.90 bits per heavy atom. The third kappa shape index (κ3) is 4.39. The standard InChI is InChI=1S/C24H20ClN3O3/c1-2-14-31-19-12-10-16(11-13-19)23(29)27-28-22(17-6-5-7-18(25)15-17)26-21-9-4-3-8-20(21)24(28)30/h2-13,15,22,26H,1,14H2,(H,27,29). The predicted molar refractivity (Wildman–Crippen MR) is 120 cm³/mol. The first-order valence-electron chi connectivity index (χ1n) is 9.66. The number of nitrogens with zero attached hydrogens (tertiary/aromatic N) is 1. The minimum atomic E-state index is -0.625. The van der Waals surface area contributed by atoms with E-state index in [1.165, 1.54) is 5.01 Å². The Labute approximate surface area is 185 Å². The highest BCUT2D eigenvalue weighted by Crippen LogP contribution is 2.32. The van der Waals surface area contributed by atoms with Crippen molar-refractivity contribution >= 4 is 29.1 Å². The Bertz CT molecular complexity index is 1130. The van der Waals surface area contributed by atoms with Crippen LogP contribution >= 0.6 is 11.6 Å². The molecule has 4 rings (SSSR count). The van der Waals surface area contributed by atoms with E-state index in [1.54, 1.807) is 60.7 Å². The minimum Gasteiger partial charge on any atom is -0.490 e. The molecular weight excluding hydrogens is 414 g/mol. The van der Waals surface area contributed by atoms with Crippen molar-refractivity contribution in [3.63, 3.8) is 0 Å². The number of nitrogens with one attached hydrogen (secondary N) is 2. The van der Waals surface area contributed by atoms with Crippen LogP contribution in [0.15, 0.2) is 85.5 Å². The van der Waals surface area contributed by atoms with Crippen molar-refractivity contribution < 1.29 is 14.3 Å². The van der Waals surface area contributed by atoms with Gasteiger partial charge in [0.15, 0.2) is 0 Å². The first-order chi connectivity index (χ1) is 15.1. The second-order valence-electron chi connectivity index (χ2n) is 6.89. The molecule has 3 aromatic carbocycles. The highest BCUT2D eigenvalue weighted by molar-refractivity contribution is 6.30. The van der Waals surface area contributed by atoms with Gasteiger partial charge < -0.3 is 10.1 Å². The molecule has 0 spiro atoms. The number of anilines is 1. The fourth-order valence-electron chi connectivity index (χ4n) is 3.31. The largest absolute Gasteiger partial charge is 0.490 e. The molecule has 0 fully saturated rings. The van der Waals surface area contributed by atoms with Crippen LogP contribution in [0.2, 0.25) is 5.02 Å². The average Bonchev–Trinajstić information content (AvgIpc) is 2.79. The number of fused-ring (bicyclic) bond motifs is 1. The molecule has 7 heteroatoms. The molecule has 0 radical (unpaired) electrons. The Hall–Kier alpha value is -3.77. The topological polar surface area (TPSA) is 70.7 Å². The molecule has 31 heavy (non-hydrogen) atoms. The average molecular weight is 434 g/mol. The van der Waals surface area contributed by atoms with Crippen LogP contribution in [0, 0.1) is 0 Å². The van der Waals surface area contributed by atoms with Gasteiger partial charge in [0.25, 0.3) is 11.8 Å². The molecule has 0 aliphatic carbocycles.